The van der Waals surface area contributed by atoms with Gasteiger partial charge in [0.05, 0.1) is 0 Å². The van der Waals surface area contributed by atoms with Crippen molar-refractivity contribution in [2.24, 2.45) is 5.92 Å². The van der Waals surface area contributed by atoms with Crippen molar-refractivity contribution in [1.29, 1.82) is 0 Å². The number of hydrogen-bond acceptors (Lipinski definition) is 2. The molecule has 0 N–H and O–H groups in total. The van der Waals surface area contributed by atoms with Crippen molar-refractivity contribution < 1.29 is 0 Å². The molecule has 154 valence electrons. The van der Waals surface area contributed by atoms with E-state index in [1.165, 1.54) is 39.6 Å². The zero-order valence-electron chi connectivity index (χ0n) is 17.6. The molecule has 1 aromatic heterocycles. The van der Waals surface area contributed by atoms with Gasteiger partial charge in [0.1, 0.15) is 0 Å². The molecule has 1 saturated heterocycles. The summed E-state index contributed by atoms with van der Waals surface area (Å²) in [5, 5.41) is 2.49. The van der Waals surface area contributed by atoms with Gasteiger partial charge in [-0.25, -0.2) is 0 Å². The molecule has 0 unspecified atom stereocenters. The molecule has 3 aromatic carbocycles. The Morgan fingerprint density at radius 3 is 2.45 bits per heavy atom. The lowest BCUT2D eigenvalue weighted by Crippen LogP contribution is -2.47. The van der Waals surface area contributed by atoms with E-state index in [2.05, 4.69) is 88.3 Å². The van der Waals surface area contributed by atoms with E-state index in [9.17, 15) is 4.79 Å². The molecule has 4 aromatic rings. The van der Waals surface area contributed by atoms with E-state index in [4.69, 9.17) is 0 Å². The Balaban J connectivity index is 1.40. The molecule has 2 aliphatic rings. The Morgan fingerprint density at radius 2 is 1.58 bits per heavy atom. The van der Waals surface area contributed by atoms with Crippen molar-refractivity contribution in [3.8, 4) is 11.1 Å². The molecule has 1 fully saturated rings. The number of rotatable bonds is 3. The Hall–Kier alpha value is -3.17. The molecule has 0 radical (unpaired) electrons. The lowest BCUT2D eigenvalue weighted by atomic mass is 9.80. The monoisotopic (exact) mass is 406 g/mol. The van der Waals surface area contributed by atoms with Crippen molar-refractivity contribution in [2.45, 2.75) is 25.4 Å². The lowest BCUT2D eigenvalue weighted by molar-refractivity contribution is 0.115. The van der Waals surface area contributed by atoms with Gasteiger partial charge in [-0.3, -0.25) is 9.69 Å². The fourth-order valence-electron chi connectivity index (χ4n) is 5.69. The third-order valence-corrected chi connectivity index (χ3v) is 6.98. The highest BCUT2D eigenvalue weighted by molar-refractivity contribution is 5.87. The van der Waals surface area contributed by atoms with Crippen LogP contribution in [0.4, 0.5) is 0 Å². The zero-order chi connectivity index (χ0) is 20.8. The number of fused-ring (bicyclic) bond motifs is 5. The third-order valence-electron chi connectivity index (χ3n) is 6.98. The third kappa shape index (κ3) is 3.39. The summed E-state index contributed by atoms with van der Waals surface area (Å²) in [6, 6.07) is 29.7. The number of aromatic nitrogens is 1. The largest absolute Gasteiger partial charge is 0.311 e. The maximum atomic E-state index is 12.8. The summed E-state index contributed by atoms with van der Waals surface area (Å²) >= 11 is 0. The molecule has 3 heteroatoms. The molecule has 2 atom stereocenters. The number of nitrogens with zero attached hydrogens (tertiary/aromatic N) is 2. The van der Waals surface area contributed by atoms with Crippen molar-refractivity contribution in [1.82, 2.24) is 9.47 Å². The van der Waals surface area contributed by atoms with Gasteiger partial charge in [-0.1, -0.05) is 66.7 Å². The topological polar surface area (TPSA) is 25.2 Å². The molecule has 3 nitrogen and oxygen atoms in total. The predicted molar refractivity (Wildman–Crippen MR) is 126 cm³/mol. The predicted octanol–water partition coefficient (Wildman–Crippen LogP) is 5.29. The molecule has 0 aliphatic carbocycles. The van der Waals surface area contributed by atoms with Gasteiger partial charge in [0.25, 0.3) is 5.56 Å². The first-order chi connectivity index (χ1) is 15.2. The second-order valence-electron chi connectivity index (χ2n) is 9.12. The summed E-state index contributed by atoms with van der Waals surface area (Å²) in [4.78, 5) is 15.4. The minimum Gasteiger partial charge on any atom is -0.311 e. The Morgan fingerprint density at radius 1 is 0.774 bits per heavy atom. The van der Waals surface area contributed by atoms with Gasteiger partial charge in [0.15, 0.2) is 0 Å². The number of hydrogen-bond donors (Lipinski definition) is 0. The summed E-state index contributed by atoms with van der Waals surface area (Å²) in [6.07, 6.45) is 1.18. The van der Waals surface area contributed by atoms with Crippen LogP contribution < -0.4 is 5.56 Å². The number of piperidine rings is 1. The maximum absolute atomic E-state index is 12.8. The smallest absolute Gasteiger partial charge is 0.250 e. The van der Waals surface area contributed by atoms with E-state index in [-0.39, 0.29) is 5.56 Å². The molecule has 2 aliphatic heterocycles. The molecule has 0 amide bonds. The summed E-state index contributed by atoms with van der Waals surface area (Å²) < 4.78 is 2.07. The molecule has 0 saturated carbocycles. The normalized spacial score (nSPS) is 20.5. The Kier molecular flexibility index (Phi) is 4.50. The highest BCUT2D eigenvalue weighted by Gasteiger charge is 2.36. The molecule has 6 rings (SSSR count). The van der Waals surface area contributed by atoms with Crippen LogP contribution in [0.25, 0.3) is 21.9 Å². The highest BCUT2D eigenvalue weighted by Crippen LogP contribution is 2.40. The average Bonchev–Trinajstić information content (AvgIpc) is 2.80. The van der Waals surface area contributed by atoms with Gasteiger partial charge >= 0.3 is 0 Å². The maximum Gasteiger partial charge on any atom is 0.250 e. The second-order valence-corrected chi connectivity index (χ2v) is 9.12. The van der Waals surface area contributed by atoms with Gasteiger partial charge in [-0.15, -0.1) is 0 Å². The van der Waals surface area contributed by atoms with Crippen LogP contribution >= 0.6 is 0 Å². The van der Waals surface area contributed by atoms with Gasteiger partial charge in [0, 0.05) is 49.4 Å². The molecule has 2 bridgehead atoms. The first kappa shape index (κ1) is 18.6. The lowest BCUT2D eigenvalue weighted by Gasteiger charge is -2.43. The minimum absolute atomic E-state index is 0.144. The van der Waals surface area contributed by atoms with Gasteiger partial charge in [-0.2, -0.15) is 0 Å². The van der Waals surface area contributed by atoms with Crippen molar-refractivity contribution in [2.75, 3.05) is 13.1 Å². The van der Waals surface area contributed by atoms with Crippen LogP contribution in [-0.4, -0.2) is 22.6 Å². The van der Waals surface area contributed by atoms with Crippen molar-refractivity contribution in [3.63, 3.8) is 0 Å². The van der Waals surface area contributed by atoms with Crippen LogP contribution in [0.3, 0.4) is 0 Å². The number of likely N-dealkylation sites (tertiary alicyclic amines) is 1. The summed E-state index contributed by atoms with van der Waals surface area (Å²) in [5.41, 5.74) is 5.17. The van der Waals surface area contributed by atoms with Gasteiger partial charge < -0.3 is 4.57 Å². The van der Waals surface area contributed by atoms with Crippen LogP contribution in [0.5, 0.6) is 0 Å². The van der Waals surface area contributed by atoms with E-state index in [1.54, 1.807) is 6.07 Å². The highest BCUT2D eigenvalue weighted by atomic mass is 16.1. The molecular formula is C28H26N2O. The first-order valence-corrected chi connectivity index (χ1v) is 11.2. The van der Waals surface area contributed by atoms with Gasteiger partial charge in [0.2, 0.25) is 0 Å². The Bertz CT molecular complexity index is 1310. The summed E-state index contributed by atoms with van der Waals surface area (Å²) in [5.74, 6) is 0.936. The average molecular weight is 407 g/mol. The minimum atomic E-state index is 0.144. The van der Waals surface area contributed by atoms with Crippen LogP contribution in [0.15, 0.2) is 89.7 Å². The van der Waals surface area contributed by atoms with Crippen LogP contribution in [0.1, 0.15) is 23.6 Å². The molecule has 3 heterocycles. The fourth-order valence-corrected chi connectivity index (χ4v) is 5.69. The van der Waals surface area contributed by atoms with Crippen molar-refractivity contribution >= 4 is 10.8 Å². The van der Waals surface area contributed by atoms with E-state index in [0.29, 0.717) is 11.8 Å². The molecular weight excluding hydrogens is 380 g/mol. The summed E-state index contributed by atoms with van der Waals surface area (Å²) in [6.45, 7) is 3.89. The zero-order valence-corrected chi connectivity index (χ0v) is 17.6. The standard InChI is InChI=1S/C28H26N2O/c31-27-13-12-26(24-11-10-22-8-4-5-9-23(22)15-24)28-25-14-21(18-30(27)28)17-29(19-25)16-20-6-2-1-3-7-20/h1-13,15,21,25H,14,16-19H2/t21-,25+/m0/s1. The molecule has 0 spiro atoms. The van der Waals surface area contributed by atoms with Gasteiger partial charge in [-0.05, 0) is 46.4 Å². The molecule has 31 heavy (non-hydrogen) atoms. The SMILES string of the molecule is O=c1ccc(-c2ccc3ccccc3c2)c2n1C[C@H]1C[C@@H]2CN(Cc2ccccc2)C1. The van der Waals surface area contributed by atoms with E-state index >= 15 is 0 Å². The van der Waals surface area contributed by atoms with E-state index < -0.39 is 0 Å². The first-order valence-electron chi connectivity index (χ1n) is 11.2. The number of pyridine rings is 1. The van der Waals surface area contributed by atoms with Crippen LogP contribution in [-0.2, 0) is 13.1 Å². The fraction of sp³-hybridized carbons (Fsp3) is 0.250. The number of benzene rings is 3. The second kappa shape index (κ2) is 7.51. The van der Waals surface area contributed by atoms with E-state index in [1.807, 2.05) is 0 Å². The van der Waals surface area contributed by atoms with Crippen LogP contribution in [0.2, 0.25) is 0 Å². The summed E-state index contributed by atoms with van der Waals surface area (Å²) in [7, 11) is 0. The quantitative estimate of drug-likeness (QED) is 0.462. The van der Waals surface area contributed by atoms with Crippen LogP contribution in [0, 0.1) is 5.92 Å². The Labute approximate surface area is 182 Å². The van der Waals surface area contributed by atoms with Crippen molar-refractivity contribution in [3.05, 3.63) is 107 Å². The van der Waals surface area contributed by atoms with E-state index in [0.717, 1.165) is 26.2 Å².